The Kier molecular flexibility index (Phi) is 6.31. The molecule has 1 aliphatic heterocycles. The zero-order valence-electron chi connectivity index (χ0n) is 14.3. The van der Waals surface area contributed by atoms with Crippen LogP contribution in [0.5, 0.6) is 0 Å². The number of carbonyl (C=O) groups excluding carboxylic acids is 1. The molecule has 9 heteroatoms. The van der Waals surface area contributed by atoms with Gasteiger partial charge in [0.25, 0.3) is 5.70 Å². The summed E-state index contributed by atoms with van der Waals surface area (Å²) >= 11 is 6.73. The molecule has 0 bridgehead atoms. The largest absolute Gasteiger partial charge is 0.365 e. The number of pyridine rings is 1. The van der Waals surface area contributed by atoms with E-state index in [0.717, 1.165) is 17.3 Å². The van der Waals surface area contributed by atoms with Crippen molar-refractivity contribution in [3.05, 3.63) is 86.6 Å². The third-order valence-electron chi connectivity index (χ3n) is 4.00. The summed E-state index contributed by atoms with van der Waals surface area (Å²) in [5.41, 5.74) is 1.42. The normalized spacial score (nSPS) is 15.4. The summed E-state index contributed by atoms with van der Waals surface area (Å²) in [5.74, 6) is 0.432. The van der Waals surface area contributed by atoms with E-state index in [2.05, 4.69) is 10.3 Å². The summed E-state index contributed by atoms with van der Waals surface area (Å²) < 4.78 is 0. The number of hydrogen-bond donors (Lipinski definition) is 1. The Morgan fingerprint density at radius 2 is 2.07 bits per heavy atom. The second kappa shape index (κ2) is 8.88. The van der Waals surface area contributed by atoms with Crippen LogP contribution >= 0.6 is 23.4 Å². The Balaban J connectivity index is 1.74. The third-order valence-corrected chi connectivity index (χ3v) is 5.13. The molecule has 1 saturated heterocycles. The molecule has 7 nitrogen and oxygen atoms in total. The van der Waals surface area contributed by atoms with Gasteiger partial charge in [-0.05, 0) is 11.6 Å². The monoisotopic (exact) mass is 404 g/mol. The molecule has 1 N–H and O–H groups in total. The zero-order chi connectivity index (χ0) is 19.2. The Morgan fingerprint density at radius 3 is 2.74 bits per heavy atom. The number of nitro groups is 1. The van der Waals surface area contributed by atoms with Crippen LogP contribution in [0.15, 0.2) is 60.2 Å². The lowest BCUT2D eigenvalue weighted by molar-refractivity contribution is -0.425. The molecule has 2 heterocycles. The molecule has 0 saturated carbocycles. The second-order valence-corrected chi connectivity index (χ2v) is 7.17. The number of halogens is 1. The Labute approximate surface area is 165 Å². The van der Waals surface area contributed by atoms with E-state index in [1.165, 1.54) is 0 Å². The van der Waals surface area contributed by atoms with Crippen molar-refractivity contribution in [2.45, 2.75) is 6.54 Å². The molecule has 140 valence electrons. The molecule has 1 fully saturated rings. The van der Waals surface area contributed by atoms with E-state index in [0.29, 0.717) is 36.2 Å². The SMILES string of the molecule is O=C(SC/C(=C1\NCCN1Cc1ccc(Cl)nc1)[N+](=O)[O-])c1ccccc1. The van der Waals surface area contributed by atoms with E-state index in [4.69, 9.17) is 11.6 Å². The van der Waals surface area contributed by atoms with Gasteiger partial charge in [-0.25, -0.2) is 4.98 Å². The van der Waals surface area contributed by atoms with Gasteiger partial charge >= 0.3 is 0 Å². The minimum Gasteiger partial charge on any atom is -0.365 e. The standard InChI is InChI=1S/C18H17ClN4O3S/c19-16-7-6-13(10-21-16)11-22-9-8-20-17(22)15(23(25)26)12-27-18(24)14-4-2-1-3-5-14/h1-7,10,20H,8-9,11-12H2/b17-15-. The summed E-state index contributed by atoms with van der Waals surface area (Å²) in [6, 6.07) is 12.3. The first kappa shape index (κ1) is 19.2. The lowest BCUT2D eigenvalue weighted by Gasteiger charge is -2.18. The van der Waals surface area contributed by atoms with Crippen molar-refractivity contribution in [3.63, 3.8) is 0 Å². The van der Waals surface area contributed by atoms with E-state index >= 15 is 0 Å². The van der Waals surface area contributed by atoms with E-state index in [-0.39, 0.29) is 16.6 Å². The highest BCUT2D eigenvalue weighted by Gasteiger charge is 2.28. The molecule has 1 aromatic carbocycles. The van der Waals surface area contributed by atoms with Gasteiger partial charge in [0, 0.05) is 31.4 Å². The lowest BCUT2D eigenvalue weighted by Crippen LogP contribution is -2.25. The first-order valence-electron chi connectivity index (χ1n) is 8.23. The van der Waals surface area contributed by atoms with Crippen molar-refractivity contribution in [1.82, 2.24) is 15.2 Å². The lowest BCUT2D eigenvalue weighted by atomic mass is 10.2. The van der Waals surface area contributed by atoms with Crippen LogP contribution in [-0.4, -0.2) is 38.8 Å². The highest BCUT2D eigenvalue weighted by Crippen LogP contribution is 2.22. The smallest absolute Gasteiger partial charge is 0.296 e. The zero-order valence-corrected chi connectivity index (χ0v) is 15.9. The number of benzene rings is 1. The maximum absolute atomic E-state index is 12.3. The van der Waals surface area contributed by atoms with E-state index in [1.54, 1.807) is 36.5 Å². The van der Waals surface area contributed by atoms with Crippen LogP contribution in [0.3, 0.4) is 0 Å². The van der Waals surface area contributed by atoms with E-state index in [1.807, 2.05) is 17.0 Å². The number of thioether (sulfide) groups is 1. The van der Waals surface area contributed by atoms with E-state index < -0.39 is 4.92 Å². The van der Waals surface area contributed by atoms with Crippen molar-refractivity contribution in [1.29, 1.82) is 0 Å². The van der Waals surface area contributed by atoms with Crippen LogP contribution in [0, 0.1) is 10.1 Å². The molecule has 27 heavy (non-hydrogen) atoms. The molecule has 1 aromatic heterocycles. The molecule has 3 rings (SSSR count). The van der Waals surface area contributed by atoms with Gasteiger partial charge in [0.1, 0.15) is 5.15 Å². The molecular formula is C18H17ClN4O3S. The summed E-state index contributed by atoms with van der Waals surface area (Å²) in [7, 11) is 0. The van der Waals surface area contributed by atoms with Crippen molar-refractivity contribution in [2.24, 2.45) is 0 Å². The third kappa shape index (κ3) is 4.99. The van der Waals surface area contributed by atoms with Crippen LogP contribution in [-0.2, 0) is 6.54 Å². The number of rotatable bonds is 6. The Bertz CT molecular complexity index is 859. The van der Waals surface area contributed by atoms with Crippen LogP contribution < -0.4 is 5.32 Å². The molecule has 2 aromatic rings. The van der Waals surface area contributed by atoms with Crippen molar-refractivity contribution < 1.29 is 9.72 Å². The van der Waals surface area contributed by atoms with Crippen molar-refractivity contribution >= 4 is 28.5 Å². The highest BCUT2D eigenvalue weighted by atomic mass is 35.5. The van der Waals surface area contributed by atoms with Crippen LogP contribution in [0.1, 0.15) is 15.9 Å². The molecule has 0 atom stereocenters. The fourth-order valence-corrected chi connectivity index (χ4v) is 3.62. The van der Waals surface area contributed by atoms with Gasteiger partial charge in [-0.15, -0.1) is 0 Å². The summed E-state index contributed by atoms with van der Waals surface area (Å²) in [5, 5.41) is 14.9. The minimum absolute atomic E-state index is 0.0105. The van der Waals surface area contributed by atoms with E-state index in [9.17, 15) is 14.9 Å². The quantitative estimate of drug-likeness (QED) is 0.449. The Morgan fingerprint density at radius 1 is 1.30 bits per heavy atom. The fourth-order valence-electron chi connectivity index (χ4n) is 2.69. The summed E-state index contributed by atoms with van der Waals surface area (Å²) in [6.07, 6.45) is 1.65. The van der Waals surface area contributed by atoms with Gasteiger partial charge in [-0.3, -0.25) is 14.9 Å². The maximum Gasteiger partial charge on any atom is 0.296 e. The molecular weight excluding hydrogens is 388 g/mol. The molecule has 0 aliphatic carbocycles. The summed E-state index contributed by atoms with van der Waals surface area (Å²) in [6.45, 7) is 1.71. The highest BCUT2D eigenvalue weighted by molar-refractivity contribution is 8.14. The predicted molar refractivity (Wildman–Crippen MR) is 105 cm³/mol. The molecule has 0 radical (unpaired) electrons. The number of nitrogens with zero attached hydrogens (tertiary/aromatic N) is 3. The van der Waals surface area contributed by atoms with Crippen LogP contribution in [0.2, 0.25) is 5.15 Å². The van der Waals surface area contributed by atoms with Gasteiger partial charge < -0.3 is 10.2 Å². The van der Waals surface area contributed by atoms with Gasteiger partial charge in [0.2, 0.25) is 5.12 Å². The number of nitrogens with one attached hydrogen (secondary N) is 1. The average molecular weight is 405 g/mol. The second-order valence-electron chi connectivity index (χ2n) is 5.83. The van der Waals surface area contributed by atoms with Gasteiger partial charge in [0.15, 0.2) is 5.82 Å². The average Bonchev–Trinajstić information content (AvgIpc) is 3.12. The molecule has 1 aliphatic rings. The number of hydrogen-bond acceptors (Lipinski definition) is 7. The predicted octanol–water partition coefficient (Wildman–Crippen LogP) is 3.16. The van der Waals surface area contributed by atoms with Gasteiger partial charge in [-0.2, -0.15) is 0 Å². The molecule has 0 unspecified atom stereocenters. The molecule has 0 amide bonds. The first-order valence-corrected chi connectivity index (χ1v) is 9.60. The van der Waals surface area contributed by atoms with Crippen LogP contribution in [0.4, 0.5) is 0 Å². The summed E-state index contributed by atoms with van der Waals surface area (Å²) in [4.78, 5) is 29.4. The number of carbonyl (C=O) groups is 1. The first-order chi connectivity index (χ1) is 13.0. The maximum atomic E-state index is 12.3. The van der Waals surface area contributed by atoms with Crippen LogP contribution in [0.25, 0.3) is 0 Å². The van der Waals surface area contributed by atoms with Gasteiger partial charge in [0.05, 0.1) is 10.7 Å². The Hall–Kier alpha value is -2.58. The number of aromatic nitrogens is 1. The van der Waals surface area contributed by atoms with Crippen molar-refractivity contribution in [3.8, 4) is 0 Å². The van der Waals surface area contributed by atoms with Crippen molar-refractivity contribution in [2.75, 3.05) is 18.8 Å². The van der Waals surface area contributed by atoms with Gasteiger partial charge in [-0.1, -0.05) is 59.8 Å². The molecule has 0 spiro atoms. The minimum atomic E-state index is -0.425. The topological polar surface area (TPSA) is 88.4 Å². The fraction of sp³-hybridized carbons (Fsp3) is 0.222.